The maximum Gasteiger partial charge on any atom is 0.255 e. The molecule has 0 spiro atoms. The highest BCUT2D eigenvalue weighted by Crippen LogP contribution is 2.33. The maximum absolute atomic E-state index is 13.3. The first kappa shape index (κ1) is 15.8. The number of benzene rings is 1. The summed E-state index contributed by atoms with van der Waals surface area (Å²) in [6.45, 7) is 2.60. The van der Waals surface area contributed by atoms with E-state index in [1.807, 2.05) is 0 Å². The first-order valence-corrected chi connectivity index (χ1v) is 6.60. The van der Waals surface area contributed by atoms with E-state index in [1.54, 1.807) is 13.8 Å². The number of carbonyl (C=O) groups is 1. The molecule has 1 amide bonds. The molecule has 0 radical (unpaired) electrons. The van der Waals surface area contributed by atoms with Crippen molar-refractivity contribution in [3.05, 3.63) is 35.4 Å². The van der Waals surface area contributed by atoms with Gasteiger partial charge in [0.05, 0.1) is 12.1 Å². The molecule has 1 aromatic rings. The number of rotatable bonds is 4. The zero-order valence-electron chi connectivity index (χ0n) is 11.7. The van der Waals surface area contributed by atoms with Gasteiger partial charge in [0, 0.05) is 0 Å². The van der Waals surface area contributed by atoms with Crippen LogP contribution in [0.25, 0.3) is 0 Å². The van der Waals surface area contributed by atoms with Crippen LogP contribution in [0.3, 0.4) is 0 Å². The average molecular weight is 304 g/mol. The zero-order chi connectivity index (χ0) is 15.8. The second kappa shape index (κ2) is 5.63. The minimum Gasteiger partial charge on any atom is -0.316 e. The predicted octanol–water partition coefficient (Wildman–Crippen LogP) is 2.83. The molecule has 1 aromatic carbocycles. The highest BCUT2D eigenvalue weighted by molar-refractivity contribution is 5.88. The first-order chi connectivity index (χ1) is 9.78. The van der Waals surface area contributed by atoms with E-state index >= 15 is 0 Å². The summed E-state index contributed by atoms with van der Waals surface area (Å²) in [7, 11) is 0. The van der Waals surface area contributed by atoms with Crippen LogP contribution in [-0.2, 0) is 4.79 Å². The van der Waals surface area contributed by atoms with Crippen molar-refractivity contribution in [3.8, 4) is 0 Å². The number of nitrogens with zero attached hydrogens (tertiary/aromatic N) is 1. The molecule has 21 heavy (non-hydrogen) atoms. The topological polar surface area (TPSA) is 32.3 Å². The van der Waals surface area contributed by atoms with Gasteiger partial charge in [-0.3, -0.25) is 10.1 Å². The van der Waals surface area contributed by atoms with Gasteiger partial charge in [-0.1, -0.05) is 13.0 Å². The van der Waals surface area contributed by atoms with Crippen LogP contribution in [0.15, 0.2) is 18.2 Å². The molecule has 2 rings (SSSR count). The van der Waals surface area contributed by atoms with Crippen LogP contribution in [0.4, 0.5) is 17.6 Å². The molecule has 2 unspecified atom stereocenters. The van der Waals surface area contributed by atoms with E-state index in [0.717, 1.165) is 17.0 Å². The van der Waals surface area contributed by atoms with Crippen molar-refractivity contribution in [1.29, 1.82) is 0 Å². The Hall–Kier alpha value is -1.63. The molecule has 3 nitrogen and oxygen atoms in total. The number of nitrogens with one attached hydrogen (secondary N) is 1. The molecular weight excluding hydrogens is 288 g/mol. The third kappa shape index (κ3) is 2.88. The van der Waals surface area contributed by atoms with Gasteiger partial charge in [-0.15, -0.1) is 0 Å². The molecule has 1 saturated heterocycles. The highest BCUT2D eigenvalue weighted by atomic mass is 19.3. The summed E-state index contributed by atoms with van der Waals surface area (Å²) in [5.74, 6) is -2.58. The van der Waals surface area contributed by atoms with Crippen molar-refractivity contribution in [1.82, 2.24) is 10.2 Å². The van der Waals surface area contributed by atoms with Gasteiger partial charge in [0.2, 0.25) is 5.91 Å². The molecule has 0 aliphatic carbocycles. The van der Waals surface area contributed by atoms with Gasteiger partial charge in [-0.05, 0) is 31.0 Å². The standard InChI is InChI=1S/C14H16F4N2O/c1-3-14(2)13(21)20(7-11(17)18)12(19-14)8-4-5-9(15)10(16)6-8/h4-6,11-12,19H,3,7H2,1-2H3. The lowest BCUT2D eigenvalue weighted by Gasteiger charge is -2.24. The van der Waals surface area contributed by atoms with E-state index in [2.05, 4.69) is 5.32 Å². The van der Waals surface area contributed by atoms with Crippen LogP contribution in [-0.4, -0.2) is 29.3 Å². The van der Waals surface area contributed by atoms with E-state index < -0.39 is 42.2 Å². The molecule has 1 heterocycles. The molecular formula is C14H16F4N2O. The van der Waals surface area contributed by atoms with Crippen molar-refractivity contribution in [2.45, 2.75) is 38.4 Å². The molecule has 1 N–H and O–H groups in total. The van der Waals surface area contributed by atoms with Gasteiger partial charge in [0.1, 0.15) is 6.17 Å². The lowest BCUT2D eigenvalue weighted by molar-refractivity contribution is -0.134. The number of amides is 1. The molecule has 0 bridgehead atoms. The lowest BCUT2D eigenvalue weighted by Crippen LogP contribution is -2.43. The Morgan fingerprint density at radius 3 is 2.52 bits per heavy atom. The van der Waals surface area contributed by atoms with E-state index in [9.17, 15) is 22.4 Å². The van der Waals surface area contributed by atoms with Crippen molar-refractivity contribution >= 4 is 5.91 Å². The van der Waals surface area contributed by atoms with E-state index in [4.69, 9.17) is 0 Å². The number of hydrogen-bond acceptors (Lipinski definition) is 2. The van der Waals surface area contributed by atoms with Gasteiger partial charge in [0.15, 0.2) is 11.6 Å². The Morgan fingerprint density at radius 1 is 1.33 bits per heavy atom. The predicted molar refractivity (Wildman–Crippen MR) is 68.6 cm³/mol. The van der Waals surface area contributed by atoms with Crippen LogP contribution in [0.2, 0.25) is 0 Å². The maximum atomic E-state index is 13.3. The number of hydrogen-bond donors (Lipinski definition) is 1. The van der Waals surface area contributed by atoms with Gasteiger partial charge in [-0.25, -0.2) is 17.6 Å². The summed E-state index contributed by atoms with van der Waals surface area (Å²) in [5.41, 5.74) is -0.759. The Morgan fingerprint density at radius 2 is 2.00 bits per heavy atom. The fourth-order valence-electron chi connectivity index (χ4n) is 2.41. The second-order valence-corrected chi connectivity index (χ2v) is 5.25. The Balaban J connectivity index is 2.39. The van der Waals surface area contributed by atoms with Crippen LogP contribution in [0.1, 0.15) is 32.0 Å². The van der Waals surface area contributed by atoms with Crippen LogP contribution < -0.4 is 5.32 Å². The number of carbonyl (C=O) groups excluding carboxylic acids is 1. The van der Waals surface area contributed by atoms with Gasteiger partial charge in [-0.2, -0.15) is 0 Å². The Bertz CT molecular complexity index is 552. The number of halogens is 4. The van der Waals surface area contributed by atoms with Crippen LogP contribution >= 0.6 is 0 Å². The average Bonchev–Trinajstić information content (AvgIpc) is 2.67. The Kier molecular flexibility index (Phi) is 4.22. The van der Waals surface area contributed by atoms with Crippen molar-refractivity contribution < 1.29 is 22.4 Å². The molecule has 2 atom stereocenters. The summed E-state index contributed by atoms with van der Waals surface area (Å²) in [4.78, 5) is 13.3. The molecule has 1 aliphatic rings. The summed E-state index contributed by atoms with van der Waals surface area (Å²) >= 11 is 0. The fraction of sp³-hybridized carbons (Fsp3) is 0.500. The minimum atomic E-state index is -2.71. The first-order valence-electron chi connectivity index (χ1n) is 6.60. The summed E-state index contributed by atoms with van der Waals surface area (Å²) < 4.78 is 51.7. The lowest BCUT2D eigenvalue weighted by atomic mass is 9.99. The van der Waals surface area contributed by atoms with E-state index in [-0.39, 0.29) is 5.56 Å². The Labute approximate surface area is 119 Å². The molecule has 0 saturated carbocycles. The smallest absolute Gasteiger partial charge is 0.255 e. The quantitative estimate of drug-likeness (QED) is 0.868. The molecule has 1 aliphatic heterocycles. The van der Waals surface area contributed by atoms with Crippen molar-refractivity contribution in [2.24, 2.45) is 0 Å². The third-order valence-corrected chi connectivity index (χ3v) is 3.80. The fourth-order valence-corrected chi connectivity index (χ4v) is 2.41. The van der Waals surface area contributed by atoms with Crippen molar-refractivity contribution in [2.75, 3.05) is 6.54 Å². The number of alkyl halides is 2. The minimum absolute atomic E-state index is 0.236. The molecule has 0 aromatic heterocycles. The normalized spacial score (nSPS) is 26.0. The second-order valence-electron chi connectivity index (χ2n) is 5.25. The largest absolute Gasteiger partial charge is 0.316 e. The van der Waals surface area contributed by atoms with Crippen molar-refractivity contribution in [3.63, 3.8) is 0 Å². The SMILES string of the molecule is CCC1(C)NC(c2ccc(F)c(F)c2)N(CC(F)F)C1=O. The van der Waals surface area contributed by atoms with E-state index in [0.29, 0.717) is 6.42 Å². The monoisotopic (exact) mass is 304 g/mol. The third-order valence-electron chi connectivity index (χ3n) is 3.80. The van der Waals surface area contributed by atoms with Gasteiger partial charge < -0.3 is 4.90 Å². The highest BCUT2D eigenvalue weighted by Gasteiger charge is 2.47. The molecule has 7 heteroatoms. The summed E-state index contributed by atoms with van der Waals surface area (Å²) in [6.07, 6.45) is -3.21. The summed E-state index contributed by atoms with van der Waals surface area (Å²) in [5, 5.41) is 2.94. The van der Waals surface area contributed by atoms with Gasteiger partial charge >= 0.3 is 0 Å². The van der Waals surface area contributed by atoms with Crippen LogP contribution in [0, 0.1) is 11.6 Å². The van der Waals surface area contributed by atoms with E-state index in [1.165, 1.54) is 6.07 Å². The molecule has 116 valence electrons. The zero-order valence-corrected chi connectivity index (χ0v) is 11.7. The molecule has 1 fully saturated rings. The summed E-state index contributed by atoms with van der Waals surface area (Å²) in [6, 6.07) is 3.11. The van der Waals surface area contributed by atoms with Crippen LogP contribution in [0.5, 0.6) is 0 Å². The van der Waals surface area contributed by atoms with Gasteiger partial charge in [0.25, 0.3) is 6.43 Å².